The third-order valence-electron chi connectivity index (χ3n) is 4.09. The average Bonchev–Trinajstić information content (AvgIpc) is 2.76. The Bertz CT molecular complexity index is 866. The maximum Gasteiger partial charge on any atom is 0.338 e. The zero-order valence-electron chi connectivity index (χ0n) is 17.3. The van der Waals surface area contributed by atoms with Crippen LogP contribution < -0.4 is 20.3 Å². The maximum absolute atomic E-state index is 12.3. The van der Waals surface area contributed by atoms with Crippen molar-refractivity contribution in [2.24, 2.45) is 0 Å². The molecule has 1 unspecified atom stereocenters. The lowest BCUT2D eigenvalue weighted by Gasteiger charge is -2.18. The summed E-state index contributed by atoms with van der Waals surface area (Å²) in [7, 11) is 0. The van der Waals surface area contributed by atoms with E-state index in [0.717, 1.165) is 5.56 Å². The van der Waals surface area contributed by atoms with Crippen LogP contribution in [0.1, 0.15) is 36.2 Å². The number of para-hydroxylation sites is 1. The van der Waals surface area contributed by atoms with Crippen LogP contribution in [0.2, 0.25) is 0 Å². The molecule has 0 aliphatic carbocycles. The highest BCUT2D eigenvalue weighted by molar-refractivity contribution is 5.89. The number of rotatable bonds is 9. The van der Waals surface area contributed by atoms with Crippen LogP contribution in [0, 0.1) is 6.92 Å². The summed E-state index contributed by atoms with van der Waals surface area (Å²) in [4.78, 5) is 35.8. The Morgan fingerprint density at radius 2 is 1.67 bits per heavy atom. The number of amides is 2. The second kappa shape index (κ2) is 11.5. The van der Waals surface area contributed by atoms with Gasteiger partial charge in [-0.25, -0.2) is 4.79 Å². The third kappa shape index (κ3) is 6.80. The van der Waals surface area contributed by atoms with Gasteiger partial charge in [0.2, 0.25) is 0 Å². The van der Waals surface area contributed by atoms with Crippen molar-refractivity contribution in [2.45, 2.75) is 33.3 Å². The van der Waals surface area contributed by atoms with Crippen LogP contribution in [0.15, 0.2) is 48.5 Å². The van der Waals surface area contributed by atoms with Gasteiger partial charge in [-0.05, 0) is 56.2 Å². The van der Waals surface area contributed by atoms with Crippen molar-refractivity contribution in [3.05, 3.63) is 59.7 Å². The Morgan fingerprint density at radius 3 is 2.30 bits per heavy atom. The third-order valence-corrected chi connectivity index (χ3v) is 4.09. The van der Waals surface area contributed by atoms with Crippen LogP contribution in [-0.2, 0) is 14.3 Å². The van der Waals surface area contributed by atoms with E-state index < -0.39 is 23.9 Å². The first-order valence-corrected chi connectivity index (χ1v) is 9.65. The molecule has 0 radical (unpaired) electrons. The number of aryl methyl sites for hydroxylation is 1. The Hall–Kier alpha value is -3.55. The highest BCUT2D eigenvalue weighted by Gasteiger charge is 2.19. The standard InChI is InChI=1S/C22H26N2O6/c1-4-18(30-19-9-7-6-8-15(19)3)21(26)24-23-20(25)14-29-17-12-10-16(11-13-17)22(27)28-5-2/h6-13,18H,4-5,14H2,1-3H3,(H,23,25)(H,24,26). The van der Waals surface area contributed by atoms with Crippen molar-refractivity contribution in [1.29, 1.82) is 0 Å². The lowest BCUT2D eigenvalue weighted by Crippen LogP contribution is -2.49. The molecule has 2 N–H and O–H groups in total. The number of hydrazine groups is 1. The van der Waals surface area contributed by atoms with Crippen molar-refractivity contribution in [3.63, 3.8) is 0 Å². The summed E-state index contributed by atoms with van der Waals surface area (Å²) < 4.78 is 16.0. The van der Waals surface area contributed by atoms with Gasteiger partial charge in [-0.15, -0.1) is 0 Å². The van der Waals surface area contributed by atoms with Gasteiger partial charge in [0.05, 0.1) is 12.2 Å². The van der Waals surface area contributed by atoms with Crippen molar-refractivity contribution in [3.8, 4) is 11.5 Å². The number of benzene rings is 2. The van der Waals surface area contributed by atoms with Crippen LogP contribution in [0.3, 0.4) is 0 Å². The molecule has 8 nitrogen and oxygen atoms in total. The summed E-state index contributed by atoms with van der Waals surface area (Å²) in [6, 6.07) is 13.6. The van der Waals surface area contributed by atoms with Gasteiger partial charge in [0, 0.05) is 0 Å². The van der Waals surface area contributed by atoms with Crippen molar-refractivity contribution >= 4 is 17.8 Å². The van der Waals surface area contributed by atoms with Gasteiger partial charge in [-0.2, -0.15) is 0 Å². The van der Waals surface area contributed by atoms with Crippen molar-refractivity contribution in [2.75, 3.05) is 13.2 Å². The first-order chi connectivity index (χ1) is 14.4. The maximum atomic E-state index is 12.3. The first-order valence-electron chi connectivity index (χ1n) is 9.65. The minimum absolute atomic E-state index is 0.290. The topological polar surface area (TPSA) is 103 Å². The van der Waals surface area contributed by atoms with Gasteiger partial charge >= 0.3 is 5.97 Å². The molecule has 0 saturated heterocycles. The number of nitrogens with one attached hydrogen (secondary N) is 2. The molecule has 0 aliphatic rings. The molecule has 160 valence electrons. The summed E-state index contributed by atoms with van der Waals surface area (Å²) in [5, 5.41) is 0. The van der Waals surface area contributed by atoms with E-state index in [1.807, 2.05) is 32.0 Å². The second-order valence-electron chi connectivity index (χ2n) is 6.35. The van der Waals surface area contributed by atoms with E-state index in [9.17, 15) is 14.4 Å². The molecule has 0 fully saturated rings. The average molecular weight is 414 g/mol. The lowest BCUT2D eigenvalue weighted by atomic mass is 10.2. The zero-order valence-corrected chi connectivity index (χ0v) is 17.3. The molecule has 2 aromatic carbocycles. The minimum Gasteiger partial charge on any atom is -0.484 e. The molecule has 2 aromatic rings. The van der Waals surface area contributed by atoms with E-state index >= 15 is 0 Å². The molecular formula is C22H26N2O6. The number of carbonyl (C=O) groups excluding carboxylic acids is 3. The van der Waals surface area contributed by atoms with Gasteiger partial charge in [0.1, 0.15) is 11.5 Å². The fourth-order valence-corrected chi connectivity index (χ4v) is 2.46. The van der Waals surface area contributed by atoms with Crippen molar-refractivity contribution < 1.29 is 28.6 Å². The van der Waals surface area contributed by atoms with Gasteiger partial charge < -0.3 is 14.2 Å². The van der Waals surface area contributed by atoms with E-state index in [2.05, 4.69) is 10.9 Å². The van der Waals surface area contributed by atoms with E-state index in [4.69, 9.17) is 14.2 Å². The van der Waals surface area contributed by atoms with Crippen molar-refractivity contribution in [1.82, 2.24) is 10.9 Å². The van der Waals surface area contributed by atoms with Gasteiger partial charge in [-0.3, -0.25) is 20.4 Å². The largest absolute Gasteiger partial charge is 0.484 e. The molecule has 0 bridgehead atoms. The monoisotopic (exact) mass is 414 g/mol. The Kier molecular flexibility index (Phi) is 8.68. The van der Waals surface area contributed by atoms with Crippen LogP contribution in [0.4, 0.5) is 0 Å². The summed E-state index contributed by atoms with van der Waals surface area (Å²) >= 11 is 0. The summed E-state index contributed by atoms with van der Waals surface area (Å²) in [5.74, 6) is -0.418. The molecule has 0 saturated carbocycles. The van der Waals surface area contributed by atoms with Gasteiger partial charge in [0.25, 0.3) is 11.8 Å². The van der Waals surface area contributed by atoms with Crippen LogP contribution in [0.25, 0.3) is 0 Å². The quantitative estimate of drug-likeness (QED) is 0.483. The Morgan fingerprint density at radius 1 is 0.967 bits per heavy atom. The molecule has 0 aliphatic heterocycles. The molecule has 0 heterocycles. The molecule has 0 aromatic heterocycles. The highest BCUT2D eigenvalue weighted by atomic mass is 16.5. The number of hydrogen-bond acceptors (Lipinski definition) is 6. The summed E-state index contributed by atoms with van der Waals surface area (Å²) in [6.45, 7) is 5.41. The second-order valence-corrected chi connectivity index (χ2v) is 6.35. The van der Waals surface area contributed by atoms with E-state index in [0.29, 0.717) is 23.5 Å². The zero-order chi connectivity index (χ0) is 21.9. The van der Waals surface area contributed by atoms with Crippen LogP contribution >= 0.6 is 0 Å². The van der Waals surface area contributed by atoms with Gasteiger partial charge in [-0.1, -0.05) is 25.1 Å². The minimum atomic E-state index is -0.747. The van der Waals surface area contributed by atoms with E-state index in [-0.39, 0.29) is 13.2 Å². The molecule has 2 amide bonds. The number of carbonyl (C=O) groups is 3. The highest BCUT2D eigenvalue weighted by Crippen LogP contribution is 2.18. The normalized spacial score (nSPS) is 11.2. The molecular weight excluding hydrogens is 388 g/mol. The predicted octanol–water partition coefficient (Wildman–Crippen LogP) is 2.56. The molecule has 30 heavy (non-hydrogen) atoms. The van der Waals surface area contributed by atoms with E-state index in [1.165, 1.54) is 0 Å². The van der Waals surface area contributed by atoms with Crippen LogP contribution in [-0.4, -0.2) is 37.1 Å². The van der Waals surface area contributed by atoms with E-state index in [1.54, 1.807) is 37.3 Å². The molecule has 1 atom stereocenters. The molecule has 8 heteroatoms. The molecule has 0 spiro atoms. The summed E-state index contributed by atoms with van der Waals surface area (Å²) in [6.07, 6.45) is -0.318. The first kappa shape index (κ1) is 22.7. The fraction of sp³-hybridized carbons (Fsp3) is 0.318. The van der Waals surface area contributed by atoms with Gasteiger partial charge in [0.15, 0.2) is 12.7 Å². The van der Waals surface area contributed by atoms with Crippen LogP contribution in [0.5, 0.6) is 11.5 Å². The predicted molar refractivity (Wildman–Crippen MR) is 110 cm³/mol. The Labute approximate surface area is 175 Å². The Balaban J connectivity index is 1.78. The summed E-state index contributed by atoms with van der Waals surface area (Å²) in [5.41, 5.74) is 5.94. The smallest absolute Gasteiger partial charge is 0.338 e. The number of esters is 1. The molecule has 2 rings (SSSR count). The fourth-order valence-electron chi connectivity index (χ4n) is 2.46. The number of ether oxygens (including phenoxy) is 3. The SMILES string of the molecule is CCOC(=O)c1ccc(OCC(=O)NNC(=O)C(CC)Oc2ccccc2C)cc1. The number of hydrogen-bond donors (Lipinski definition) is 2. The lowest BCUT2D eigenvalue weighted by molar-refractivity contribution is -0.134.